The molecule has 3 heterocycles. The fourth-order valence-electron chi connectivity index (χ4n) is 5.45. The van der Waals surface area contributed by atoms with Crippen LogP contribution in [0.15, 0.2) is 42.7 Å². The van der Waals surface area contributed by atoms with E-state index in [4.69, 9.17) is 33.4 Å². The SMILES string of the molecule is CCCCOCCOCCOCCOCCOCCN(CCCCc1ccc2c(n1)NCCO2)CC[C@H](Nc1ncnc2ccccc12)C(=O)O. The van der Waals surface area contributed by atoms with Crippen LogP contribution in [0.2, 0.25) is 0 Å². The topological polar surface area (TPSA) is 159 Å². The maximum atomic E-state index is 12.3. The van der Waals surface area contributed by atoms with Gasteiger partial charge in [0.2, 0.25) is 0 Å². The van der Waals surface area contributed by atoms with Gasteiger partial charge in [-0.05, 0) is 62.9 Å². The van der Waals surface area contributed by atoms with E-state index in [1.807, 2.05) is 36.4 Å². The number of carboxylic acid groups (broad SMARTS) is 1. The van der Waals surface area contributed by atoms with E-state index < -0.39 is 12.0 Å². The van der Waals surface area contributed by atoms with Gasteiger partial charge in [-0.2, -0.15) is 0 Å². The summed E-state index contributed by atoms with van der Waals surface area (Å²) in [6, 6.07) is 10.7. The molecule has 0 amide bonds. The van der Waals surface area contributed by atoms with E-state index in [9.17, 15) is 9.90 Å². The smallest absolute Gasteiger partial charge is 0.326 e. The molecular weight excluding hydrogens is 656 g/mol. The van der Waals surface area contributed by atoms with Gasteiger partial charge in [-0.25, -0.2) is 19.7 Å². The summed E-state index contributed by atoms with van der Waals surface area (Å²) in [6.45, 7) is 11.1. The molecule has 14 heteroatoms. The van der Waals surface area contributed by atoms with Crippen molar-refractivity contribution in [3.05, 3.63) is 48.4 Å². The molecule has 3 N–H and O–H groups in total. The number of anilines is 2. The summed E-state index contributed by atoms with van der Waals surface area (Å²) < 4.78 is 33.7. The van der Waals surface area contributed by atoms with Gasteiger partial charge in [0.15, 0.2) is 11.6 Å². The van der Waals surface area contributed by atoms with Gasteiger partial charge in [0.05, 0.1) is 71.5 Å². The average Bonchev–Trinajstić information content (AvgIpc) is 3.15. The Morgan fingerprint density at radius 3 is 2.29 bits per heavy atom. The van der Waals surface area contributed by atoms with E-state index in [0.717, 1.165) is 80.0 Å². The molecule has 0 aliphatic carbocycles. The van der Waals surface area contributed by atoms with Crippen LogP contribution >= 0.6 is 0 Å². The molecule has 0 radical (unpaired) electrons. The number of rotatable bonds is 29. The molecule has 0 fully saturated rings. The first kappa shape index (κ1) is 40.1. The normalized spacial score (nSPS) is 13.1. The molecular formula is C37H56N6O8. The molecule has 0 saturated heterocycles. The number of fused-ring (bicyclic) bond motifs is 2. The van der Waals surface area contributed by atoms with Gasteiger partial charge in [0.1, 0.15) is 24.8 Å². The third-order valence-electron chi connectivity index (χ3n) is 8.29. The quantitative estimate of drug-likeness (QED) is 0.0876. The van der Waals surface area contributed by atoms with Crippen LogP contribution in [0.25, 0.3) is 10.9 Å². The monoisotopic (exact) mass is 712 g/mol. The largest absolute Gasteiger partial charge is 0.488 e. The molecule has 1 atom stereocenters. The second-order valence-electron chi connectivity index (χ2n) is 12.2. The highest BCUT2D eigenvalue weighted by Crippen LogP contribution is 2.25. The lowest BCUT2D eigenvalue weighted by molar-refractivity contribution is -0.138. The van der Waals surface area contributed by atoms with Crippen LogP contribution in [0.4, 0.5) is 11.6 Å². The average molecular weight is 713 g/mol. The molecule has 2 aromatic heterocycles. The summed E-state index contributed by atoms with van der Waals surface area (Å²) in [5.74, 6) is 1.20. The lowest BCUT2D eigenvalue weighted by Crippen LogP contribution is -2.37. The van der Waals surface area contributed by atoms with E-state index in [1.54, 1.807) is 0 Å². The van der Waals surface area contributed by atoms with Gasteiger partial charge in [0, 0.05) is 30.8 Å². The molecule has 282 valence electrons. The number of nitrogens with zero attached hydrogens (tertiary/aromatic N) is 4. The zero-order valence-electron chi connectivity index (χ0n) is 30.1. The number of carbonyl (C=O) groups is 1. The maximum Gasteiger partial charge on any atom is 0.326 e. The van der Waals surface area contributed by atoms with Crippen LogP contribution in [0.3, 0.4) is 0 Å². The number of hydrogen-bond donors (Lipinski definition) is 3. The summed E-state index contributed by atoms with van der Waals surface area (Å²) in [5.41, 5.74) is 1.78. The molecule has 1 aromatic carbocycles. The summed E-state index contributed by atoms with van der Waals surface area (Å²) in [5, 5.41) is 17.3. The third-order valence-corrected chi connectivity index (χ3v) is 8.29. The van der Waals surface area contributed by atoms with Crippen molar-refractivity contribution in [1.82, 2.24) is 19.9 Å². The van der Waals surface area contributed by atoms with Crippen LogP contribution < -0.4 is 15.4 Å². The standard InChI is InChI=1S/C37H56N6O8/c1-2-3-18-46-21-23-48-25-27-50-28-26-49-24-22-47-20-17-43(15-7-6-8-30-11-12-34-36(41-30)38-14-19-51-34)16-13-33(37(44)45)42-35-31-9-4-5-10-32(31)39-29-40-35/h4-5,9-12,29,33H,2-3,6-8,13-28H2,1H3,(H,38,41)(H,44,45)(H,39,40,42)/t33-/m0/s1. The predicted molar refractivity (Wildman–Crippen MR) is 196 cm³/mol. The number of pyridine rings is 1. The second kappa shape index (κ2) is 24.5. The fourth-order valence-corrected chi connectivity index (χ4v) is 5.45. The Morgan fingerprint density at radius 1 is 0.863 bits per heavy atom. The van der Waals surface area contributed by atoms with E-state index in [-0.39, 0.29) is 0 Å². The Kier molecular flexibility index (Phi) is 19.3. The Labute approximate surface area is 301 Å². The van der Waals surface area contributed by atoms with E-state index in [2.05, 4.69) is 32.4 Å². The van der Waals surface area contributed by atoms with Crippen molar-refractivity contribution in [1.29, 1.82) is 0 Å². The minimum atomic E-state index is -0.925. The molecule has 1 aliphatic rings. The van der Waals surface area contributed by atoms with Gasteiger partial charge >= 0.3 is 5.97 Å². The zero-order valence-corrected chi connectivity index (χ0v) is 30.1. The summed E-state index contributed by atoms with van der Waals surface area (Å²) in [4.78, 5) is 27.9. The lowest BCUT2D eigenvalue weighted by atomic mass is 10.1. The molecule has 14 nitrogen and oxygen atoms in total. The summed E-state index contributed by atoms with van der Waals surface area (Å²) >= 11 is 0. The Hall–Kier alpha value is -3.66. The Morgan fingerprint density at radius 2 is 1.57 bits per heavy atom. The van der Waals surface area contributed by atoms with E-state index in [1.165, 1.54) is 6.33 Å². The minimum Gasteiger partial charge on any atom is -0.488 e. The highest BCUT2D eigenvalue weighted by Gasteiger charge is 2.20. The van der Waals surface area contributed by atoms with Crippen LogP contribution in [-0.4, -0.2) is 136 Å². The Bertz CT molecular complexity index is 1400. The molecule has 0 spiro atoms. The van der Waals surface area contributed by atoms with Gasteiger partial charge in [-0.15, -0.1) is 0 Å². The van der Waals surface area contributed by atoms with Crippen molar-refractivity contribution in [3.63, 3.8) is 0 Å². The van der Waals surface area contributed by atoms with Gasteiger partial charge in [0.25, 0.3) is 0 Å². The molecule has 0 saturated carbocycles. The second-order valence-corrected chi connectivity index (χ2v) is 12.2. The molecule has 0 unspecified atom stereocenters. The van der Waals surface area contributed by atoms with Gasteiger partial charge in [-0.1, -0.05) is 25.5 Å². The first-order valence-electron chi connectivity index (χ1n) is 18.3. The van der Waals surface area contributed by atoms with Crippen molar-refractivity contribution >= 4 is 28.5 Å². The van der Waals surface area contributed by atoms with Crippen LogP contribution in [-0.2, 0) is 34.9 Å². The number of hydrogen-bond acceptors (Lipinski definition) is 13. The number of nitrogens with one attached hydrogen (secondary N) is 2. The van der Waals surface area contributed by atoms with Crippen molar-refractivity contribution < 1.29 is 38.3 Å². The van der Waals surface area contributed by atoms with Crippen molar-refractivity contribution in [2.75, 3.05) is 109 Å². The van der Waals surface area contributed by atoms with E-state index >= 15 is 0 Å². The molecule has 4 rings (SSSR count). The Balaban J connectivity index is 1.15. The molecule has 0 bridgehead atoms. The number of aliphatic carboxylic acids is 1. The highest BCUT2D eigenvalue weighted by atomic mass is 16.6. The van der Waals surface area contributed by atoms with Crippen LogP contribution in [0.5, 0.6) is 5.75 Å². The fraction of sp³-hybridized carbons (Fsp3) is 0.622. The number of aryl methyl sites for hydroxylation is 1. The molecule has 1 aliphatic heterocycles. The number of benzene rings is 1. The number of carboxylic acids is 1. The molecule has 51 heavy (non-hydrogen) atoms. The van der Waals surface area contributed by atoms with Crippen molar-refractivity contribution in [2.24, 2.45) is 0 Å². The number of unbranched alkanes of at least 4 members (excludes halogenated alkanes) is 2. The molecule has 3 aromatic rings. The van der Waals surface area contributed by atoms with Crippen LogP contribution in [0, 0.1) is 0 Å². The highest BCUT2D eigenvalue weighted by molar-refractivity contribution is 5.90. The summed E-state index contributed by atoms with van der Waals surface area (Å²) in [6.07, 6.45) is 6.79. The minimum absolute atomic E-state index is 0.395. The third kappa shape index (κ3) is 15.6. The van der Waals surface area contributed by atoms with E-state index in [0.29, 0.717) is 91.4 Å². The van der Waals surface area contributed by atoms with Crippen molar-refractivity contribution in [2.45, 2.75) is 51.5 Å². The van der Waals surface area contributed by atoms with Crippen molar-refractivity contribution in [3.8, 4) is 5.75 Å². The number of ether oxygens (including phenoxy) is 6. The van der Waals surface area contributed by atoms with Crippen LogP contribution in [0.1, 0.15) is 44.7 Å². The lowest BCUT2D eigenvalue weighted by Gasteiger charge is -2.25. The maximum absolute atomic E-state index is 12.3. The predicted octanol–water partition coefficient (Wildman–Crippen LogP) is 4.29. The zero-order chi connectivity index (χ0) is 35.8. The first-order valence-corrected chi connectivity index (χ1v) is 18.3. The summed E-state index contributed by atoms with van der Waals surface area (Å²) in [7, 11) is 0. The number of aromatic nitrogens is 3. The number of para-hydroxylation sites is 1. The first-order chi connectivity index (χ1) is 25.1. The van der Waals surface area contributed by atoms with Gasteiger partial charge < -0.3 is 49.1 Å². The van der Waals surface area contributed by atoms with Gasteiger partial charge in [-0.3, -0.25) is 0 Å².